The fourth-order valence-electron chi connectivity index (χ4n) is 2.78. The summed E-state index contributed by atoms with van der Waals surface area (Å²) in [6, 6.07) is 11.8. The predicted molar refractivity (Wildman–Crippen MR) is 99.8 cm³/mol. The number of fused-ring (bicyclic) bond motifs is 2. The first-order chi connectivity index (χ1) is 12.1. The highest BCUT2D eigenvalue weighted by molar-refractivity contribution is 7.20. The van der Waals surface area contributed by atoms with E-state index in [4.69, 9.17) is 0 Å². The fourth-order valence-corrected chi connectivity index (χ4v) is 4.98. The Labute approximate surface area is 152 Å². The molecule has 2 heterocycles. The molecule has 0 saturated heterocycles. The Kier molecular flexibility index (Phi) is 4.26. The summed E-state index contributed by atoms with van der Waals surface area (Å²) in [5.41, 5.74) is 0.0974. The third-order valence-electron chi connectivity index (χ3n) is 3.93. The van der Waals surface area contributed by atoms with E-state index < -0.39 is 0 Å². The Balaban J connectivity index is 2.85. The molecular weight excluding hydrogens is 348 g/mol. The maximum Gasteiger partial charge on any atom is 0.138 e. The SMILES string of the molecule is CC(C)c1cc2c(=C(C#N)C#N)c3sccc3c(=C(C#N)C#N)c2s1. The average molecular weight is 358 g/mol. The Hall–Kier alpha value is -3.16. The van der Waals surface area contributed by atoms with Crippen LogP contribution in [0.15, 0.2) is 17.5 Å². The topological polar surface area (TPSA) is 95.2 Å². The van der Waals surface area contributed by atoms with Gasteiger partial charge in [-0.1, -0.05) is 13.8 Å². The van der Waals surface area contributed by atoms with E-state index in [1.165, 1.54) is 22.7 Å². The highest BCUT2D eigenvalue weighted by Crippen LogP contribution is 2.30. The second-order valence-corrected chi connectivity index (χ2v) is 7.66. The molecule has 0 aliphatic heterocycles. The van der Waals surface area contributed by atoms with E-state index in [1.54, 1.807) is 0 Å². The lowest BCUT2D eigenvalue weighted by Crippen LogP contribution is -2.15. The molecule has 4 nitrogen and oxygen atoms in total. The van der Waals surface area contributed by atoms with Gasteiger partial charge in [0, 0.05) is 35.5 Å². The molecule has 0 spiro atoms. The van der Waals surface area contributed by atoms with Crippen LogP contribution >= 0.6 is 22.7 Å². The zero-order valence-electron chi connectivity index (χ0n) is 13.4. The highest BCUT2D eigenvalue weighted by atomic mass is 32.1. The Morgan fingerprint density at radius 3 is 1.96 bits per heavy atom. The fraction of sp³-hybridized carbons (Fsp3) is 0.158. The van der Waals surface area contributed by atoms with Crippen LogP contribution in [0.4, 0.5) is 0 Å². The summed E-state index contributed by atoms with van der Waals surface area (Å²) < 4.78 is 1.54. The molecular formula is C19H10N4S2. The Bertz CT molecular complexity index is 1180. The average Bonchev–Trinajstić information content (AvgIpc) is 3.25. The standard InChI is InChI=1S/C19H10N4S2/c1-10(2)15-5-14-17(12(8-22)9-23)18-13(3-4-24-18)16(19(14)25-15)11(6-20)7-21/h3-5,10H,1-2H3. The number of nitrogens with zero attached hydrogens (tertiary/aromatic N) is 4. The molecule has 25 heavy (non-hydrogen) atoms. The van der Waals surface area contributed by atoms with Crippen LogP contribution in [-0.2, 0) is 0 Å². The second-order valence-electron chi connectivity index (χ2n) is 5.66. The monoisotopic (exact) mass is 358 g/mol. The van der Waals surface area contributed by atoms with Crippen LogP contribution in [0, 0.1) is 45.3 Å². The molecule has 0 unspecified atom stereocenters. The number of hydrogen-bond donors (Lipinski definition) is 0. The van der Waals surface area contributed by atoms with Crippen LogP contribution in [0.3, 0.4) is 0 Å². The molecule has 6 heteroatoms. The molecule has 0 bridgehead atoms. The predicted octanol–water partition coefficient (Wildman–Crippen LogP) is 3.64. The van der Waals surface area contributed by atoms with Crippen LogP contribution in [-0.4, -0.2) is 0 Å². The summed E-state index contributed by atoms with van der Waals surface area (Å²) in [5, 5.41) is 42.2. The normalized spacial score (nSPS) is 10.2. The number of benzene rings is 1. The van der Waals surface area contributed by atoms with Gasteiger partial charge in [-0.25, -0.2) is 0 Å². The molecule has 0 aliphatic carbocycles. The lowest BCUT2D eigenvalue weighted by Gasteiger charge is -1.99. The van der Waals surface area contributed by atoms with Gasteiger partial charge >= 0.3 is 0 Å². The van der Waals surface area contributed by atoms with E-state index in [9.17, 15) is 21.0 Å². The zero-order chi connectivity index (χ0) is 18.1. The Morgan fingerprint density at radius 2 is 1.44 bits per heavy atom. The van der Waals surface area contributed by atoms with Crippen LogP contribution in [0.5, 0.6) is 0 Å². The van der Waals surface area contributed by atoms with Gasteiger partial charge < -0.3 is 0 Å². The summed E-state index contributed by atoms with van der Waals surface area (Å²) in [6.07, 6.45) is 0. The lowest BCUT2D eigenvalue weighted by atomic mass is 10.0. The summed E-state index contributed by atoms with van der Waals surface area (Å²) in [6.45, 7) is 4.12. The minimum atomic E-state index is 0.0487. The molecule has 1 aromatic carbocycles. The Morgan fingerprint density at radius 1 is 0.880 bits per heavy atom. The van der Waals surface area contributed by atoms with Gasteiger partial charge in [0.05, 0.1) is 0 Å². The van der Waals surface area contributed by atoms with E-state index in [-0.39, 0.29) is 17.1 Å². The van der Waals surface area contributed by atoms with Crippen molar-refractivity contribution in [1.29, 1.82) is 21.0 Å². The minimum absolute atomic E-state index is 0.0487. The minimum Gasteiger partial charge on any atom is -0.192 e. The smallest absolute Gasteiger partial charge is 0.138 e. The molecule has 0 aliphatic rings. The van der Waals surface area contributed by atoms with Gasteiger partial charge in [0.1, 0.15) is 35.4 Å². The molecule has 3 rings (SSSR count). The summed E-state index contributed by atoms with van der Waals surface area (Å²) in [7, 11) is 0. The van der Waals surface area contributed by atoms with E-state index in [2.05, 4.69) is 13.8 Å². The third kappa shape index (κ3) is 2.46. The van der Waals surface area contributed by atoms with Crippen LogP contribution in [0.2, 0.25) is 0 Å². The van der Waals surface area contributed by atoms with Crippen molar-refractivity contribution < 1.29 is 0 Å². The molecule has 3 aromatic rings. The van der Waals surface area contributed by atoms with Crippen molar-refractivity contribution >= 4 is 54.0 Å². The van der Waals surface area contributed by atoms with Crippen LogP contribution in [0.25, 0.3) is 31.3 Å². The molecule has 0 saturated carbocycles. The molecule has 0 fully saturated rings. The molecule has 0 radical (unpaired) electrons. The summed E-state index contributed by atoms with van der Waals surface area (Å²) in [4.78, 5) is 1.08. The van der Waals surface area contributed by atoms with Crippen LogP contribution < -0.4 is 10.4 Å². The van der Waals surface area contributed by atoms with Crippen LogP contribution in [0.1, 0.15) is 24.6 Å². The molecule has 0 atom stereocenters. The van der Waals surface area contributed by atoms with E-state index in [0.717, 1.165) is 25.0 Å². The summed E-state index contributed by atoms with van der Waals surface area (Å²) in [5.74, 6) is 0.261. The van der Waals surface area contributed by atoms with Gasteiger partial charge in [-0.15, -0.1) is 22.7 Å². The first-order valence-corrected chi connectivity index (χ1v) is 9.08. The molecule has 0 N–H and O–H groups in total. The third-order valence-corrected chi connectivity index (χ3v) is 6.31. The molecule has 118 valence electrons. The van der Waals surface area contributed by atoms with Crippen molar-refractivity contribution in [3.63, 3.8) is 0 Å². The molecule has 2 aromatic heterocycles. The quantitative estimate of drug-likeness (QED) is 0.663. The maximum atomic E-state index is 9.41. The van der Waals surface area contributed by atoms with E-state index >= 15 is 0 Å². The van der Waals surface area contributed by atoms with Crippen molar-refractivity contribution in [2.75, 3.05) is 0 Å². The van der Waals surface area contributed by atoms with E-state index in [0.29, 0.717) is 10.4 Å². The maximum absolute atomic E-state index is 9.41. The molecule has 0 amide bonds. The van der Waals surface area contributed by atoms with Crippen molar-refractivity contribution in [3.8, 4) is 24.3 Å². The van der Waals surface area contributed by atoms with Gasteiger partial charge in [0.2, 0.25) is 0 Å². The summed E-state index contributed by atoms with van der Waals surface area (Å²) >= 11 is 2.92. The highest BCUT2D eigenvalue weighted by Gasteiger charge is 2.17. The number of rotatable bonds is 1. The number of nitriles is 4. The lowest BCUT2D eigenvalue weighted by molar-refractivity contribution is 0.890. The zero-order valence-corrected chi connectivity index (χ0v) is 15.0. The largest absolute Gasteiger partial charge is 0.192 e. The van der Waals surface area contributed by atoms with Gasteiger partial charge in [-0.05, 0) is 23.4 Å². The van der Waals surface area contributed by atoms with Gasteiger partial charge in [0.15, 0.2) is 0 Å². The first-order valence-electron chi connectivity index (χ1n) is 7.39. The van der Waals surface area contributed by atoms with Crippen molar-refractivity contribution in [2.45, 2.75) is 19.8 Å². The number of thiophene rings is 2. The van der Waals surface area contributed by atoms with Crippen molar-refractivity contribution in [1.82, 2.24) is 0 Å². The van der Waals surface area contributed by atoms with Gasteiger partial charge in [0.25, 0.3) is 0 Å². The van der Waals surface area contributed by atoms with Gasteiger partial charge in [-0.3, -0.25) is 0 Å². The second kappa shape index (κ2) is 6.39. The number of hydrogen-bond acceptors (Lipinski definition) is 6. The first kappa shape index (κ1) is 16.7. The van der Waals surface area contributed by atoms with Crippen molar-refractivity contribution in [3.05, 3.63) is 32.8 Å². The van der Waals surface area contributed by atoms with Gasteiger partial charge in [-0.2, -0.15) is 21.0 Å². The van der Waals surface area contributed by atoms with E-state index in [1.807, 2.05) is 41.8 Å². The van der Waals surface area contributed by atoms with Crippen molar-refractivity contribution in [2.24, 2.45) is 0 Å².